The summed E-state index contributed by atoms with van der Waals surface area (Å²) in [7, 11) is 0. The molecule has 0 spiro atoms. The summed E-state index contributed by atoms with van der Waals surface area (Å²) in [6.45, 7) is 8.09. The number of para-hydroxylation sites is 1. The van der Waals surface area contributed by atoms with E-state index in [1.807, 2.05) is 37.3 Å². The Kier molecular flexibility index (Phi) is 8.00. The largest absolute Gasteiger partial charge is 0.350 e. The monoisotopic (exact) mass is 574 g/mol. The average Bonchev–Trinajstić information content (AvgIpc) is 3.26. The van der Waals surface area contributed by atoms with E-state index >= 15 is 0 Å². The van der Waals surface area contributed by atoms with Gasteiger partial charge in [-0.05, 0) is 53.9 Å². The molecule has 4 aromatic rings. The fourth-order valence-corrected chi connectivity index (χ4v) is 6.17. The number of rotatable bonds is 6. The van der Waals surface area contributed by atoms with Crippen LogP contribution in [0.2, 0.25) is 0 Å². The number of benzene rings is 3. The standard InChI is InChI=1S/C32H32F2N4O2S/c1-20-8-5-6-11-25(20)38-31-28(30(36-38)32(2,3)4)29(22-9-7-10-24(34)16-22)41-19-27(40)37(31)18-26(39)35-17-21-12-14-23(33)15-13-21/h5-16,29H,17-19H2,1-4H3,(H,35,39)/t29-/m0/s1. The van der Waals surface area contributed by atoms with Gasteiger partial charge in [0.05, 0.1) is 22.4 Å². The van der Waals surface area contributed by atoms with Crippen LogP contribution in [0, 0.1) is 18.6 Å². The number of thioether (sulfide) groups is 1. The van der Waals surface area contributed by atoms with Crippen molar-refractivity contribution >= 4 is 29.4 Å². The Morgan fingerprint density at radius 2 is 1.76 bits per heavy atom. The lowest BCUT2D eigenvalue weighted by Crippen LogP contribution is -2.42. The SMILES string of the molecule is Cc1ccccc1-n1nc(C(C)(C)C)c2c1N(CC(=O)NCc1ccc(F)cc1)C(=O)CS[C@H]2c1cccc(F)c1. The Morgan fingerprint density at radius 1 is 1.02 bits per heavy atom. The normalized spacial score (nSPS) is 15.4. The molecule has 212 valence electrons. The van der Waals surface area contributed by atoms with Gasteiger partial charge in [-0.2, -0.15) is 5.10 Å². The lowest BCUT2D eigenvalue weighted by molar-refractivity contribution is -0.123. The van der Waals surface area contributed by atoms with Gasteiger partial charge < -0.3 is 5.32 Å². The highest BCUT2D eigenvalue weighted by Crippen LogP contribution is 2.48. The Bertz CT molecular complexity index is 1590. The summed E-state index contributed by atoms with van der Waals surface area (Å²) < 4.78 is 29.5. The second kappa shape index (κ2) is 11.5. The van der Waals surface area contributed by atoms with Gasteiger partial charge in [0.15, 0.2) is 0 Å². The maximum Gasteiger partial charge on any atom is 0.240 e. The lowest BCUT2D eigenvalue weighted by Gasteiger charge is -2.25. The van der Waals surface area contributed by atoms with E-state index in [-0.39, 0.29) is 47.5 Å². The quantitative estimate of drug-likeness (QED) is 0.296. The Morgan fingerprint density at radius 3 is 2.44 bits per heavy atom. The molecular weight excluding hydrogens is 542 g/mol. The minimum atomic E-state index is -0.423. The molecule has 5 rings (SSSR count). The number of nitrogens with zero attached hydrogens (tertiary/aromatic N) is 3. The topological polar surface area (TPSA) is 67.2 Å². The molecule has 0 saturated carbocycles. The van der Waals surface area contributed by atoms with Crippen LogP contribution >= 0.6 is 11.8 Å². The third kappa shape index (κ3) is 6.05. The first-order valence-electron chi connectivity index (χ1n) is 13.4. The van der Waals surface area contributed by atoms with Gasteiger partial charge in [-0.3, -0.25) is 14.5 Å². The van der Waals surface area contributed by atoms with Gasteiger partial charge in [-0.1, -0.05) is 63.2 Å². The molecule has 1 aliphatic heterocycles. The van der Waals surface area contributed by atoms with Crippen LogP contribution in [0.15, 0.2) is 72.8 Å². The van der Waals surface area contributed by atoms with Crippen LogP contribution in [-0.4, -0.2) is 33.9 Å². The predicted molar refractivity (Wildman–Crippen MR) is 158 cm³/mol. The number of hydrogen-bond donors (Lipinski definition) is 1. The summed E-state index contributed by atoms with van der Waals surface area (Å²) in [4.78, 5) is 28.5. The summed E-state index contributed by atoms with van der Waals surface area (Å²) in [5.41, 5.74) is 4.33. The highest BCUT2D eigenvalue weighted by Gasteiger charge is 2.40. The molecule has 0 unspecified atom stereocenters. The van der Waals surface area contributed by atoms with E-state index in [1.54, 1.807) is 22.9 Å². The number of carbonyl (C=O) groups excluding carboxylic acids is 2. The van der Waals surface area contributed by atoms with E-state index < -0.39 is 5.41 Å². The van der Waals surface area contributed by atoms with Crippen LogP contribution in [-0.2, 0) is 21.5 Å². The minimum absolute atomic E-state index is 0.0957. The van der Waals surface area contributed by atoms with E-state index in [2.05, 4.69) is 26.1 Å². The minimum Gasteiger partial charge on any atom is -0.350 e. The van der Waals surface area contributed by atoms with Gasteiger partial charge in [0, 0.05) is 17.5 Å². The van der Waals surface area contributed by atoms with Crippen LogP contribution in [0.25, 0.3) is 5.69 Å². The number of hydrogen-bond acceptors (Lipinski definition) is 4. The van der Waals surface area contributed by atoms with Crippen molar-refractivity contribution in [3.63, 3.8) is 0 Å². The zero-order valence-electron chi connectivity index (χ0n) is 23.4. The summed E-state index contributed by atoms with van der Waals surface area (Å²) >= 11 is 1.40. The van der Waals surface area contributed by atoms with Crippen LogP contribution in [0.3, 0.4) is 0 Å². The summed E-state index contributed by atoms with van der Waals surface area (Å²) in [5.74, 6) is -0.725. The molecule has 9 heteroatoms. The first-order valence-corrected chi connectivity index (χ1v) is 14.5. The molecule has 3 aromatic carbocycles. The number of anilines is 1. The molecular formula is C32H32F2N4O2S. The highest BCUT2D eigenvalue weighted by molar-refractivity contribution is 8.00. The molecule has 2 heterocycles. The molecule has 0 aliphatic carbocycles. The molecule has 0 fully saturated rings. The van der Waals surface area contributed by atoms with E-state index in [1.165, 1.54) is 40.9 Å². The fraction of sp³-hybridized carbons (Fsp3) is 0.281. The molecule has 1 aromatic heterocycles. The molecule has 0 bridgehead atoms. The zero-order valence-corrected chi connectivity index (χ0v) is 24.3. The third-order valence-corrected chi connectivity index (χ3v) is 8.25. The number of halogens is 2. The van der Waals surface area contributed by atoms with Crippen LogP contribution < -0.4 is 10.2 Å². The van der Waals surface area contributed by atoms with E-state index in [9.17, 15) is 18.4 Å². The van der Waals surface area contributed by atoms with Gasteiger partial charge in [0.2, 0.25) is 11.8 Å². The number of amides is 2. The smallest absolute Gasteiger partial charge is 0.240 e. The van der Waals surface area contributed by atoms with Crippen LogP contribution in [0.1, 0.15) is 54.0 Å². The molecule has 0 radical (unpaired) electrons. The second-order valence-corrected chi connectivity index (χ2v) is 12.3. The van der Waals surface area contributed by atoms with Crippen LogP contribution in [0.5, 0.6) is 0 Å². The zero-order chi connectivity index (χ0) is 29.3. The van der Waals surface area contributed by atoms with Crippen molar-refractivity contribution in [3.05, 3.63) is 112 Å². The fourth-order valence-electron chi connectivity index (χ4n) is 4.98. The van der Waals surface area contributed by atoms with E-state index in [0.29, 0.717) is 5.82 Å². The molecule has 1 aliphatic rings. The van der Waals surface area contributed by atoms with Gasteiger partial charge in [0.1, 0.15) is 24.0 Å². The molecule has 0 saturated heterocycles. The lowest BCUT2D eigenvalue weighted by atomic mass is 9.87. The Balaban J connectivity index is 1.64. The summed E-state index contributed by atoms with van der Waals surface area (Å²) in [6, 6.07) is 20.0. The van der Waals surface area contributed by atoms with Gasteiger partial charge in [0.25, 0.3) is 0 Å². The summed E-state index contributed by atoms with van der Waals surface area (Å²) in [5, 5.41) is 7.55. The highest BCUT2D eigenvalue weighted by atomic mass is 32.2. The number of aryl methyl sites for hydroxylation is 1. The number of carbonyl (C=O) groups is 2. The van der Waals surface area contributed by atoms with Crippen molar-refractivity contribution in [2.45, 2.75) is 44.9 Å². The third-order valence-electron chi connectivity index (χ3n) is 7.00. The molecule has 1 atom stereocenters. The molecule has 41 heavy (non-hydrogen) atoms. The number of nitrogens with one attached hydrogen (secondary N) is 1. The predicted octanol–water partition coefficient (Wildman–Crippen LogP) is 6.24. The van der Waals surface area contributed by atoms with Crippen molar-refractivity contribution in [2.24, 2.45) is 0 Å². The van der Waals surface area contributed by atoms with Crippen molar-refractivity contribution < 1.29 is 18.4 Å². The van der Waals surface area contributed by atoms with Crippen molar-refractivity contribution in [2.75, 3.05) is 17.2 Å². The average molecular weight is 575 g/mol. The summed E-state index contributed by atoms with van der Waals surface area (Å²) in [6.07, 6.45) is 0. The van der Waals surface area contributed by atoms with Crippen LogP contribution in [0.4, 0.5) is 14.6 Å². The van der Waals surface area contributed by atoms with Crippen molar-refractivity contribution in [1.29, 1.82) is 0 Å². The van der Waals surface area contributed by atoms with Gasteiger partial charge in [-0.15, -0.1) is 11.8 Å². The number of fused-ring (bicyclic) bond motifs is 1. The van der Waals surface area contributed by atoms with Gasteiger partial charge >= 0.3 is 0 Å². The molecule has 6 nitrogen and oxygen atoms in total. The Labute approximate surface area is 242 Å². The Hall–Kier alpha value is -3.98. The first kappa shape index (κ1) is 28.5. The number of aromatic nitrogens is 2. The maximum absolute atomic E-state index is 14.4. The maximum atomic E-state index is 14.4. The van der Waals surface area contributed by atoms with E-state index in [0.717, 1.165) is 33.6 Å². The van der Waals surface area contributed by atoms with Crippen molar-refractivity contribution in [1.82, 2.24) is 15.1 Å². The molecule has 2 amide bonds. The van der Waals surface area contributed by atoms with E-state index in [4.69, 9.17) is 5.10 Å². The van der Waals surface area contributed by atoms with Gasteiger partial charge in [-0.25, -0.2) is 13.5 Å². The second-order valence-electron chi connectivity index (χ2n) is 11.2. The molecule has 1 N–H and O–H groups in total. The first-order chi connectivity index (χ1) is 19.5. The van der Waals surface area contributed by atoms with Crippen molar-refractivity contribution in [3.8, 4) is 5.69 Å².